The van der Waals surface area contributed by atoms with E-state index in [4.69, 9.17) is 9.94 Å². The molecule has 1 amide bonds. The smallest absolute Gasteiger partial charge is 0.271 e. The van der Waals surface area contributed by atoms with Crippen LogP contribution in [0.4, 0.5) is 0 Å². The summed E-state index contributed by atoms with van der Waals surface area (Å²) in [4.78, 5) is 17.8. The van der Waals surface area contributed by atoms with Crippen LogP contribution in [0.2, 0.25) is 0 Å². The van der Waals surface area contributed by atoms with Crippen molar-refractivity contribution in [3.8, 4) is 0 Å². The second-order valence-corrected chi connectivity index (χ2v) is 5.06. The topological polar surface area (TPSA) is 75.5 Å². The molecule has 20 heavy (non-hydrogen) atoms. The Morgan fingerprint density at radius 1 is 1.50 bits per heavy atom. The van der Waals surface area contributed by atoms with Crippen molar-refractivity contribution in [2.75, 3.05) is 26.3 Å². The quantitative estimate of drug-likeness (QED) is 0.646. The number of nitrogens with one attached hydrogen (secondary N) is 2. The molecule has 0 unspecified atom stereocenters. The van der Waals surface area contributed by atoms with Gasteiger partial charge in [-0.15, -0.1) is 0 Å². The molecule has 2 heterocycles. The number of aryl methyl sites for hydroxylation is 1. The standard InChI is InChI=1S/C14H23N3O3/c1-11-3-4-13(17(11)20-10-2-9-18)14(19)16-12-5-7-15-8-6-12/h3-4,12,15,18H,2,5-10H2,1H3,(H,16,19). The number of carbonyl (C=O) groups excluding carboxylic acids is 1. The Labute approximate surface area is 119 Å². The summed E-state index contributed by atoms with van der Waals surface area (Å²) in [5.41, 5.74) is 1.39. The maximum absolute atomic E-state index is 12.3. The number of aliphatic hydroxyl groups is 1. The van der Waals surface area contributed by atoms with E-state index in [1.165, 1.54) is 0 Å². The molecule has 0 atom stereocenters. The Balaban J connectivity index is 1.97. The zero-order chi connectivity index (χ0) is 14.4. The Bertz CT molecular complexity index is 439. The van der Waals surface area contributed by atoms with Crippen molar-refractivity contribution in [3.63, 3.8) is 0 Å². The third kappa shape index (κ3) is 3.74. The van der Waals surface area contributed by atoms with E-state index in [1.54, 1.807) is 10.8 Å². The molecule has 1 aromatic rings. The van der Waals surface area contributed by atoms with Crippen molar-refractivity contribution in [2.24, 2.45) is 0 Å². The number of nitrogens with zero attached hydrogens (tertiary/aromatic N) is 1. The second kappa shape index (κ2) is 7.31. The van der Waals surface area contributed by atoms with Crippen LogP contribution in [0, 0.1) is 6.92 Å². The van der Waals surface area contributed by atoms with E-state index in [0.29, 0.717) is 18.7 Å². The molecule has 1 saturated heterocycles. The highest BCUT2D eigenvalue weighted by molar-refractivity contribution is 5.93. The molecule has 1 aromatic heterocycles. The minimum Gasteiger partial charge on any atom is -0.413 e. The molecule has 1 fully saturated rings. The zero-order valence-corrected chi connectivity index (χ0v) is 11.9. The molecule has 0 bridgehead atoms. The lowest BCUT2D eigenvalue weighted by Gasteiger charge is -2.24. The van der Waals surface area contributed by atoms with E-state index in [0.717, 1.165) is 31.6 Å². The highest BCUT2D eigenvalue weighted by atomic mass is 16.7. The van der Waals surface area contributed by atoms with Gasteiger partial charge in [0, 0.05) is 19.1 Å². The SMILES string of the molecule is Cc1ccc(C(=O)NC2CCNCC2)n1OCCCO. The van der Waals surface area contributed by atoms with E-state index in [-0.39, 0.29) is 18.6 Å². The third-order valence-electron chi connectivity index (χ3n) is 3.45. The van der Waals surface area contributed by atoms with Gasteiger partial charge in [-0.1, -0.05) is 0 Å². The van der Waals surface area contributed by atoms with Gasteiger partial charge in [-0.3, -0.25) is 4.79 Å². The fourth-order valence-corrected chi connectivity index (χ4v) is 2.31. The van der Waals surface area contributed by atoms with Crippen molar-refractivity contribution >= 4 is 5.91 Å². The Kier molecular flexibility index (Phi) is 5.43. The van der Waals surface area contributed by atoms with Crippen LogP contribution >= 0.6 is 0 Å². The average molecular weight is 281 g/mol. The summed E-state index contributed by atoms with van der Waals surface area (Å²) >= 11 is 0. The minimum atomic E-state index is -0.103. The molecule has 6 nitrogen and oxygen atoms in total. The summed E-state index contributed by atoms with van der Waals surface area (Å²) in [6.45, 7) is 4.24. The molecule has 6 heteroatoms. The summed E-state index contributed by atoms with van der Waals surface area (Å²) in [5, 5.41) is 15.1. The minimum absolute atomic E-state index is 0.0803. The summed E-state index contributed by atoms with van der Waals surface area (Å²) in [6, 6.07) is 3.85. The van der Waals surface area contributed by atoms with Crippen LogP contribution < -0.4 is 15.5 Å². The number of carbonyl (C=O) groups is 1. The number of aliphatic hydroxyl groups excluding tert-OH is 1. The fourth-order valence-electron chi connectivity index (χ4n) is 2.31. The molecule has 0 saturated carbocycles. The summed E-state index contributed by atoms with van der Waals surface area (Å²) in [6.07, 6.45) is 2.46. The van der Waals surface area contributed by atoms with Crippen molar-refractivity contribution in [1.82, 2.24) is 15.4 Å². The molecular weight excluding hydrogens is 258 g/mol. The van der Waals surface area contributed by atoms with Gasteiger partial charge in [0.1, 0.15) is 12.3 Å². The van der Waals surface area contributed by atoms with Crippen molar-refractivity contribution in [1.29, 1.82) is 0 Å². The van der Waals surface area contributed by atoms with Gasteiger partial charge in [-0.2, -0.15) is 4.73 Å². The fraction of sp³-hybridized carbons (Fsp3) is 0.643. The molecule has 1 aliphatic rings. The lowest BCUT2D eigenvalue weighted by molar-refractivity contribution is 0.0736. The number of hydrogen-bond donors (Lipinski definition) is 3. The molecule has 3 N–H and O–H groups in total. The lowest BCUT2D eigenvalue weighted by Crippen LogP contribution is -2.43. The average Bonchev–Trinajstić information content (AvgIpc) is 2.82. The largest absolute Gasteiger partial charge is 0.413 e. The van der Waals surface area contributed by atoms with Crippen molar-refractivity contribution in [2.45, 2.75) is 32.2 Å². The number of hydrogen-bond acceptors (Lipinski definition) is 4. The van der Waals surface area contributed by atoms with Gasteiger partial charge < -0.3 is 20.6 Å². The predicted molar refractivity (Wildman–Crippen MR) is 75.7 cm³/mol. The second-order valence-electron chi connectivity index (χ2n) is 5.06. The number of piperidine rings is 1. The number of amides is 1. The summed E-state index contributed by atoms with van der Waals surface area (Å²) in [7, 11) is 0. The predicted octanol–water partition coefficient (Wildman–Crippen LogP) is 0.0893. The molecule has 0 spiro atoms. The molecule has 2 rings (SSSR count). The zero-order valence-electron chi connectivity index (χ0n) is 11.9. The lowest BCUT2D eigenvalue weighted by atomic mass is 10.1. The van der Waals surface area contributed by atoms with Gasteiger partial charge in [0.25, 0.3) is 5.91 Å². The van der Waals surface area contributed by atoms with Gasteiger partial charge in [0.2, 0.25) is 0 Å². The van der Waals surface area contributed by atoms with Crippen LogP contribution in [0.25, 0.3) is 0 Å². The van der Waals surface area contributed by atoms with E-state index >= 15 is 0 Å². The first-order chi connectivity index (χ1) is 9.72. The maximum Gasteiger partial charge on any atom is 0.271 e. The Morgan fingerprint density at radius 3 is 2.95 bits per heavy atom. The Hall–Kier alpha value is -1.53. The first-order valence-corrected chi connectivity index (χ1v) is 7.16. The van der Waals surface area contributed by atoms with Crippen LogP contribution in [0.1, 0.15) is 35.4 Å². The van der Waals surface area contributed by atoms with Gasteiger partial charge in [0.05, 0.1) is 5.69 Å². The molecule has 112 valence electrons. The van der Waals surface area contributed by atoms with Gasteiger partial charge in [-0.05, 0) is 45.0 Å². The maximum atomic E-state index is 12.3. The molecule has 0 radical (unpaired) electrons. The monoisotopic (exact) mass is 281 g/mol. The van der Waals surface area contributed by atoms with E-state index in [1.807, 2.05) is 13.0 Å². The van der Waals surface area contributed by atoms with Crippen LogP contribution in [0.15, 0.2) is 12.1 Å². The van der Waals surface area contributed by atoms with Crippen LogP contribution in [0.3, 0.4) is 0 Å². The molecule has 0 aliphatic carbocycles. The van der Waals surface area contributed by atoms with Crippen LogP contribution in [-0.2, 0) is 0 Å². The van der Waals surface area contributed by atoms with Gasteiger partial charge in [-0.25, -0.2) is 0 Å². The highest BCUT2D eigenvalue weighted by Gasteiger charge is 2.19. The molecule has 0 aromatic carbocycles. The first kappa shape index (κ1) is 14.9. The van der Waals surface area contributed by atoms with Crippen molar-refractivity contribution in [3.05, 3.63) is 23.5 Å². The van der Waals surface area contributed by atoms with E-state index < -0.39 is 0 Å². The number of aromatic nitrogens is 1. The van der Waals surface area contributed by atoms with Crippen molar-refractivity contribution < 1.29 is 14.7 Å². The first-order valence-electron chi connectivity index (χ1n) is 7.16. The Morgan fingerprint density at radius 2 is 2.25 bits per heavy atom. The van der Waals surface area contributed by atoms with Crippen LogP contribution in [0.5, 0.6) is 0 Å². The van der Waals surface area contributed by atoms with Crippen LogP contribution in [-0.4, -0.2) is 48.1 Å². The highest BCUT2D eigenvalue weighted by Crippen LogP contribution is 2.09. The van der Waals surface area contributed by atoms with E-state index in [2.05, 4.69) is 10.6 Å². The van der Waals surface area contributed by atoms with E-state index in [9.17, 15) is 4.79 Å². The van der Waals surface area contributed by atoms with Gasteiger partial charge in [0.15, 0.2) is 0 Å². The van der Waals surface area contributed by atoms with Gasteiger partial charge >= 0.3 is 0 Å². The third-order valence-corrected chi connectivity index (χ3v) is 3.45. The normalized spacial score (nSPS) is 16.1. The summed E-state index contributed by atoms with van der Waals surface area (Å²) in [5.74, 6) is -0.103. The number of rotatable bonds is 6. The molecule has 1 aliphatic heterocycles. The molecular formula is C14H23N3O3. The summed E-state index contributed by atoms with van der Waals surface area (Å²) < 4.78 is 1.55.